The summed E-state index contributed by atoms with van der Waals surface area (Å²) in [6, 6.07) is 5.22. The average Bonchev–Trinajstić information content (AvgIpc) is 3.02. The van der Waals surface area contributed by atoms with Gasteiger partial charge in [0.2, 0.25) is 0 Å². The van der Waals surface area contributed by atoms with Gasteiger partial charge in [0, 0.05) is 17.4 Å². The highest BCUT2D eigenvalue weighted by Gasteiger charge is 2.40. The van der Waals surface area contributed by atoms with Crippen LogP contribution in [0.3, 0.4) is 0 Å². The van der Waals surface area contributed by atoms with Crippen LogP contribution < -0.4 is 0 Å². The fourth-order valence-corrected chi connectivity index (χ4v) is 2.56. The van der Waals surface area contributed by atoms with Gasteiger partial charge in [-0.3, -0.25) is 0 Å². The van der Waals surface area contributed by atoms with E-state index in [4.69, 9.17) is 32.7 Å². The molecule has 0 spiro atoms. The molecule has 1 aliphatic rings. The standard InChI is InChI=1S/C13H10Cl2N2O2/c14-10-1-2-11(12(15)7-10)13(18-5-6-19-13)8-17-4-3-16-9-17/h1-7,9H,8H2. The van der Waals surface area contributed by atoms with Gasteiger partial charge in [-0.15, -0.1) is 0 Å². The number of aromatic nitrogens is 2. The van der Waals surface area contributed by atoms with Crippen LogP contribution in [0.2, 0.25) is 10.0 Å². The maximum Gasteiger partial charge on any atom is 0.296 e. The lowest BCUT2D eigenvalue weighted by Gasteiger charge is -2.29. The van der Waals surface area contributed by atoms with Crippen molar-refractivity contribution in [3.63, 3.8) is 0 Å². The van der Waals surface area contributed by atoms with Gasteiger partial charge >= 0.3 is 0 Å². The Morgan fingerprint density at radius 3 is 2.63 bits per heavy atom. The first-order valence-corrected chi connectivity index (χ1v) is 6.37. The van der Waals surface area contributed by atoms with Crippen molar-refractivity contribution in [3.05, 3.63) is 65.1 Å². The van der Waals surface area contributed by atoms with Crippen LogP contribution in [-0.4, -0.2) is 9.55 Å². The highest BCUT2D eigenvalue weighted by Crippen LogP contribution is 2.38. The molecule has 0 unspecified atom stereocenters. The van der Waals surface area contributed by atoms with Crippen molar-refractivity contribution in [1.29, 1.82) is 0 Å². The molecule has 4 nitrogen and oxygen atoms in total. The molecule has 0 amide bonds. The van der Waals surface area contributed by atoms with Gasteiger partial charge in [-0.25, -0.2) is 4.98 Å². The summed E-state index contributed by atoms with van der Waals surface area (Å²) < 4.78 is 13.1. The molecular formula is C13H10Cl2N2O2. The lowest BCUT2D eigenvalue weighted by molar-refractivity contribution is -0.160. The minimum Gasteiger partial charge on any atom is -0.451 e. The van der Waals surface area contributed by atoms with E-state index in [2.05, 4.69) is 4.98 Å². The van der Waals surface area contributed by atoms with Crippen molar-refractivity contribution in [3.8, 4) is 0 Å². The summed E-state index contributed by atoms with van der Waals surface area (Å²) in [6.45, 7) is 0.432. The third kappa shape index (κ3) is 2.29. The van der Waals surface area contributed by atoms with Crippen LogP contribution in [0.15, 0.2) is 49.4 Å². The average molecular weight is 297 g/mol. The highest BCUT2D eigenvalue weighted by atomic mass is 35.5. The molecule has 2 heterocycles. The van der Waals surface area contributed by atoms with E-state index in [1.165, 1.54) is 12.5 Å². The highest BCUT2D eigenvalue weighted by molar-refractivity contribution is 6.35. The fourth-order valence-electron chi connectivity index (χ4n) is 2.01. The van der Waals surface area contributed by atoms with Crippen LogP contribution in [0.1, 0.15) is 5.56 Å². The molecule has 0 atom stereocenters. The summed E-state index contributed by atoms with van der Waals surface area (Å²) in [5.41, 5.74) is 0.720. The summed E-state index contributed by atoms with van der Waals surface area (Å²) in [5.74, 6) is -0.984. The summed E-state index contributed by atoms with van der Waals surface area (Å²) in [6.07, 6.45) is 8.22. The van der Waals surface area contributed by atoms with Crippen molar-refractivity contribution in [2.45, 2.75) is 12.3 Å². The molecule has 2 aromatic rings. The van der Waals surface area contributed by atoms with Crippen molar-refractivity contribution in [2.75, 3.05) is 0 Å². The second-order valence-electron chi connectivity index (χ2n) is 4.12. The Labute approximate surface area is 120 Å². The van der Waals surface area contributed by atoms with Crippen LogP contribution in [-0.2, 0) is 21.8 Å². The number of halogens is 2. The van der Waals surface area contributed by atoms with E-state index >= 15 is 0 Å². The Morgan fingerprint density at radius 2 is 2.00 bits per heavy atom. The minimum atomic E-state index is -0.984. The van der Waals surface area contributed by atoms with Crippen molar-refractivity contribution >= 4 is 23.2 Å². The molecule has 0 fully saturated rings. The number of hydrogen-bond donors (Lipinski definition) is 0. The number of imidazole rings is 1. The van der Waals surface area contributed by atoms with Gasteiger partial charge in [-0.05, 0) is 18.2 Å². The Kier molecular flexibility index (Phi) is 3.12. The minimum absolute atomic E-state index is 0.432. The molecular weight excluding hydrogens is 287 g/mol. The monoisotopic (exact) mass is 296 g/mol. The summed E-state index contributed by atoms with van der Waals surface area (Å²) in [7, 11) is 0. The maximum absolute atomic E-state index is 6.24. The lowest BCUT2D eigenvalue weighted by atomic mass is 10.1. The van der Waals surface area contributed by atoms with Crippen LogP contribution in [0.25, 0.3) is 0 Å². The first-order valence-electron chi connectivity index (χ1n) is 5.61. The summed E-state index contributed by atoms with van der Waals surface area (Å²) in [4.78, 5) is 4.00. The molecule has 0 saturated heterocycles. The van der Waals surface area contributed by atoms with E-state index < -0.39 is 5.79 Å². The molecule has 1 aromatic carbocycles. The Bertz CT molecular complexity index is 603. The quantitative estimate of drug-likeness (QED) is 0.869. The molecule has 0 radical (unpaired) electrons. The van der Waals surface area contributed by atoms with Crippen LogP contribution in [0.5, 0.6) is 0 Å². The predicted octanol–water partition coefficient (Wildman–Crippen LogP) is 3.56. The van der Waals surface area contributed by atoms with Gasteiger partial charge in [-0.2, -0.15) is 0 Å². The zero-order valence-corrected chi connectivity index (χ0v) is 11.3. The molecule has 0 N–H and O–H groups in total. The molecule has 0 aliphatic carbocycles. The number of benzene rings is 1. The molecule has 1 aliphatic heterocycles. The third-order valence-electron chi connectivity index (χ3n) is 2.86. The molecule has 3 rings (SSSR count). The van der Waals surface area contributed by atoms with Crippen LogP contribution in [0.4, 0.5) is 0 Å². The first-order chi connectivity index (χ1) is 9.20. The van der Waals surface area contributed by atoms with Crippen molar-refractivity contribution < 1.29 is 9.47 Å². The smallest absolute Gasteiger partial charge is 0.296 e. The topological polar surface area (TPSA) is 36.3 Å². The second-order valence-corrected chi connectivity index (χ2v) is 4.96. The molecule has 19 heavy (non-hydrogen) atoms. The normalized spacial score (nSPS) is 16.1. The van der Waals surface area contributed by atoms with Crippen molar-refractivity contribution in [1.82, 2.24) is 9.55 Å². The van der Waals surface area contributed by atoms with Crippen LogP contribution in [0, 0.1) is 0 Å². The van der Waals surface area contributed by atoms with E-state index in [-0.39, 0.29) is 0 Å². The number of hydrogen-bond acceptors (Lipinski definition) is 3. The number of nitrogens with zero attached hydrogens (tertiary/aromatic N) is 2. The maximum atomic E-state index is 6.24. The van der Waals surface area contributed by atoms with Crippen molar-refractivity contribution in [2.24, 2.45) is 0 Å². The van der Waals surface area contributed by atoms with E-state index in [1.54, 1.807) is 30.7 Å². The molecule has 0 bridgehead atoms. The van der Waals surface area contributed by atoms with E-state index in [1.807, 2.05) is 10.8 Å². The van der Waals surface area contributed by atoms with E-state index in [0.717, 1.165) is 5.56 Å². The van der Waals surface area contributed by atoms with Crippen LogP contribution >= 0.6 is 23.2 Å². The lowest BCUT2D eigenvalue weighted by Crippen LogP contribution is -2.32. The fraction of sp³-hybridized carbons (Fsp3) is 0.154. The van der Waals surface area contributed by atoms with Gasteiger partial charge in [-0.1, -0.05) is 23.2 Å². The van der Waals surface area contributed by atoms with Gasteiger partial charge in [0.25, 0.3) is 5.79 Å². The molecule has 0 saturated carbocycles. The van der Waals surface area contributed by atoms with E-state index in [9.17, 15) is 0 Å². The molecule has 98 valence electrons. The summed E-state index contributed by atoms with van der Waals surface area (Å²) in [5, 5.41) is 1.06. The SMILES string of the molecule is Clc1ccc(C2(Cn3ccnc3)OC=CO2)c(Cl)c1. The third-order valence-corrected chi connectivity index (χ3v) is 3.41. The van der Waals surface area contributed by atoms with Gasteiger partial charge in [0.05, 0.1) is 16.9 Å². The molecule has 6 heteroatoms. The number of rotatable bonds is 3. The zero-order chi connectivity index (χ0) is 13.3. The zero-order valence-electron chi connectivity index (χ0n) is 9.79. The Morgan fingerprint density at radius 1 is 1.21 bits per heavy atom. The van der Waals surface area contributed by atoms with Gasteiger partial charge in [0.15, 0.2) is 0 Å². The largest absolute Gasteiger partial charge is 0.451 e. The first kappa shape index (κ1) is 12.4. The van der Waals surface area contributed by atoms with Gasteiger partial charge < -0.3 is 14.0 Å². The second kappa shape index (κ2) is 4.79. The molecule has 1 aromatic heterocycles. The Hall–Kier alpha value is -1.65. The predicted molar refractivity (Wildman–Crippen MR) is 71.7 cm³/mol. The Balaban J connectivity index is 2.00. The number of ether oxygens (including phenoxy) is 2. The summed E-state index contributed by atoms with van der Waals surface area (Å²) >= 11 is 12.2. The van der Waals surface area contributed by atoms with Gasteiger partial charge in [0.1, 0.15) is 19.1 Å². The van der Waals surface area contributed by atoms with E-state index in [0.29, 0.717) is 16.6 Å².